The minimum Gasteiger partial charge on any atom is -0.493 e. The first-order valence-electron chi connectivity index (χ1n) is 7.78. The van der Waals surface area contributed by atoms with Crippen molar-refractivity contribution in [2.24, 2.45) is 0 Å². The molecule has 6 heteroatoms. The number of rotatable bonds is 4. The molecule has 1 atom stereocenters. The van der Waals surface area contributed by atoms with Crippen molar-refractivity contribution in [2.75, 3.05) is 32.6 Å². The average Bonchev–Trinajstić information content (AvgIpc) is 2.96. The molecule has 6 nitrogen and oxygen atoms in total. The van der Waals surface area contributed by atoms with Gasteiger partial charge in [0.1, 0.15) is 6.17 Å². The lowest BCUT2D eigenvalue weighted by Crippen LogP contribution is -2.49. The van der Waals surface area contributed by atoms with E-state index < -0.39 is 0 Å². The zero-order valence-corrected chi connectivity index (χ0v) is 13.3. The van der Waals surface area contributed by atoms with E-state index in [0.29, 0.717) is 5.75 Å². The third-order valence-corrected chi connectivity index (χ3v) is 4.40. The molecular weight excluding hydrogens is 292 g/mol. The number of nitrogens with one attached hydrogen (secondary N) is 1. The quantitative estimate of drug-likeness (QED) is 0.940. The molecule has 2 aliphatic rings. The molecule has 23 heavy (non-hydrogen) atoms. The van der Waals surface area contributed by atoms with Gasteiger partial charge >= 0.3 is 0 Å². The minimum atomic E-state index is 0.247. The number of aromatic nitrogens is 2. The van der Waals surface area contributed by atoms with Crippen LogP contribution in [0.2, 0.25) is 0 Å². The largest absolute Gasteiger partial charge is 0.493 e. The normalized spacial score (nSPS) is 19.7. The summed E-state index contributed by atoms with van der Waals surface area (Å²) in [6.07, 6.45) is 7.79. The first-order chi connectivity index (χ1) is 11.3. The van der Waals surface area contributed by atoms with Gasteiger partial charge in [0.05, 0.1) is 19.9 Å². The van der Waals surface area contributed by atoms with Gasteiger partial charge in [-0.15, -0.1) is 0 Å². The second kappa shape index (κ2) is 5.62. The van der Waals surface area contributed by atoms with Crippen LogP contribution >= 0.6 is 0 Å². The third kappa shape index (κ3) is 2.45. The van der Waals surface area contributed by atoms with E-state index in [1.807, 2.05) is 29.0 Å². The maximum absolute atomic E-state index is 5.38. The Morgan fingerprint density at radius 1 is 1.17 bits per heavy atom. The fourth-order valence-electron chi connectivity index (χ4n) is 2.94. The number of methoxy groups -OCH3 is 2. The predicted molar refractivity (Wildman–Crippen MR) is 89.7 cm³/mol. The van der Waals surface area contributed by atoms with E-state index >= 15 is 0 Å². The molecule has 0 aliphatic carbocycles. The number of hydrogen-bond acceptors (Lipinski definition) is 5. The molecule has 1 N–H and O–H groups in total. The highest BCUT2D eigenvalue weighted by Gasteiger charge is 2.25. The molecular formula is C17H20N4O2. The van der Waals surface area contributed by atoms with Crippen molar-refractivity contribution >= 4 is 12.1 Å². The molecule has 0 amide bonds. The van der Waals surface area contributed by atoms with E-state index in [-0.39, 0.29) is 6.17 Å². The molecule has 1 unspecified atom stereocenters. The molecule has 0 bridgehead atoms. The molecule has 1 fully saturated rings. The zero-order valence-electron chi connectivity index (χ0n) is 13.3. The Bertz CT molecular complexity index is 749. The van der Waals surface area contributed by atoms with Gasteiger partial charge in [0.15, 0.2) is 11.5 Å². The van der Waals surface area contributed by atoms with Crippen LogP contribution in [0, 0.1) is 0 Å². The highest BCUT2D eigenvalue weighted by molar-refractivity contribution is 5.67. The first-order valence-corrected chi connectivity index (χ1v) is 7.78. The van der Waals surface area contributed by atoms with Crippen LogP contribution < -0.4 is 14.8 Å². The Labute approximate surface area is 135 Å². The second-order valence-corrected chi connectivity index (χ2v) is 5.75. The summed E-state index contributed by atoms with van der Waals surface area (Å²) in [5.41, 5.74) is 1.91. The molecule has 0 radical (unpaired) electrons. The summed E-state index contributed by atoms with van der Waals surface area (Å²) in [5.74, 6) is 2.29. The SMILES string of the molecule is COc1ccc(-c2cn3c(n2)NC(N2CCC2)C=C3)cc1OC. The van der Waals surface area contributed by atoms with E-state index in [1.54, 1.807) is 14.2 Å². The van der Waals surface area contributed by atoms with Gasteiger partial charge in [0.25, 0.3) is 0 Å². The van der Waals surface area contributed by atoms with Crippen LogP contribution in [0.4, 0.5) is 5.95 Å². The molecule has 1 aromatic carbocycles. The number of fused-ring (bicyclic) bond motifs is 1. The molecule has 2 aliphatic heterocycles. The van der Waals surface area contributed by atoms with Gasteiger partial charge < -0.3 is 14.8 Å². The number of nitrogens with zero attached hydrogens (tertiary/aromatic N) is 3. The monoisotopic (exact) mass is 312 g/mol. The van der Waals surface area contributed by atoms with E-state index in [9.17, 15) is 0 Å². The van der Waals surface area contributed by atoms with Crippen LogP contribution in [-0.4, -0.2) is 47.9 Å². The Balaban J connectivity index is 1.62. The summed E-state index contributed by atoms with van der Waals surface area (Å²) in [6, 6.07) is 5.84. The summed E-state index contributed by atoms with van der Waals surface area (Å²) in [6.45, 7) is 2.29. The highest BCUT2D eigenvalue weighted by atomic mass is 16.5. The lowest BCUT2D eigenvalue weighted by atomic mass is 10.1. The summed E-state index contributed by atoms with van der Waals surface area (Å²) >= 11 is 0. The van der Waals surface area contributed by atoms with Crippen LogP contribution in [-0.2, 0) is 0 Å². The third-order valence-electron chi connectivity index (χ3n) is 4.40. The van der Waals surface area contributed by atoms with Crippen molar-refractivity contribution in [2.45, 2.75) is 12.6 Å². The van der Waals surface area contributed by atoms with Crippen LogP contribution in [0.3, 0.4) is 0 Å². The maximum Gasteiger partial charge on any atom is 0.209 e. The Kier molecular flexibility index (Phi) is 3.46. The molecule has 1 aromatic heterocycles. The Morgan fingerprint density at radius 3 is 2.70 bits per heavy atom. The molecule has 4 rings (SSSR count). The van der Waals surface area contributed by atoms with Crippen LogP contribution in [0.25, 0.3) is 17.5 Å². The second-order valence-electron chi connectivity index (χ2n) is 5.75. The van der Waals surface area contributed by atoms with Gasteiger partial charge in [-0.3, -0.25) is 9.47 Å². The van der Waals surface area contributed by atoms with Crippen molar-refractivity contribution in [3.63, 3.8) is 0 Å². The van der Waals surface area contributed by atoms with Gasteiger partial charge in [-0.1, -0.05) is 0 Å². The van der Waals surface area contributed by atoms with E-state index in [2.05, 4.69) is 22.5 Å². The van der Waals surface area contributed by atoms with E-state index in [1.165, 1.54) is 6.42 Å². The van der Waals surface area contributed by atoms with Crippen molar-refractivity contribution in [1.29, 1.82) is 0 Å². The van der Waals surface area contributed by atoms with Crippen molar-refractivity contribution < 1.29 is 9.47 Å². The van der Waals surface area contributed by atoms with E-state index in [0.717, 1.165) is 36.0 Å². The fourth-order valence-corrected chi connectivity index (χ4v) is 2.94. The van der Waals surface area contributed by atoms with Crippen molar-refractivity contribution in [3.8, 4) is 22.8 Å². The summed E-state index contributed by atoms with van der Waals surface area (Å²) < 4.78 is 12.7. The van der Waals surface area contributed by atoms with Gasteiger partial charge in [-0.25, -0.2) is 4.98 Å². The fraction of sp³-hybridized carbons (Fsp3) is 0.353. The van der Waals surface area contributed by atoms with Crippen molar-refractivity contribution in [1.82, 2.24) is 14.5 Å². The lowest BCUT2D eigenvalue weighted by Gasteiger charge is -2.38. The molecule has 0 saturated carbocycles. The predicted octanol–water partition coefficient (Wildman–Crippen LogP) is 2.50. The van der Waals surface area contributed by atoms with Crippen LogP contribution in [0.15, 0.2) is 30.5 Å². The molecule has 1 saturated heterocycles. The minimum absolute atomic E-state index is 0.247. The van der Waals surface area contributed by atoms with Gasteiger partial charge in [0, 0.05) is 31.0 Å². The Hall–Kier alpha value is -2.47. The summed E-state index contributed by atoms with van der Waals surface area (Å²) in [7, 11) is 3.28. The first kappa shape index (κ1) is 14.1. The van der Waals surface area contributed by atoms with Crippen LogP contribution in [0.1, 0.15) is 6.42 Å². The molecule has 2 aromatic rings. The standard InChI is InChI=1S/C17H20N4O2/c1-22-14-5-4-12(10-15(14)23-2)13-11-21-9-6-16(19-17(21)18-13)20-7-3-8-20/h4-6,9-11,16H,3,7-8H2,1-2H3,(H,18,19). The molecule has 3 heterocycles. The molecule has 0 spiro atoms. The smallest absolute Gasteiger partial charge is 0.209 e. The Morgan fingerprint density at radius 2 is 2.00 bits per heavy atom. The van der Waals surface area contributed by atoms with Gasteiger partial charge in [0.2, 0.25) is 5.95 Å². The summed E-state index contributed by atoms with van der Waals surface area (Å²) in [4.78, 5) is 7.11. The van der Waals surface area contributed by atoms with Gasteiger partial charge in [-0.05, 0) is 30.7 Å². The van der Waals surface area contributed by atoms with Crippen molar-refractivity contribution in [3.05, 3.63) is 30.5 Å². The number of anilines is 1. The summed E-state index contributed by atoms with van der Waals surface area (Å²) in [5, 5.41) is 3.48. The van der Waals surface area contributed by atoms with Gasteiger partial charge in [-0.2, -0.15) is 0 Å². The van der Waals surface area contributed by atoms with E-state index in [4.69, 9.17) is 14.5 Å². The number of likely N-dealkylation sites (tertiary alicyclic amines) is 1. The number of hydrogen-bond donors (Lipinski definition) is 1. The maximum atomic E-state index is 5.38. The zero-order chi connectivity index (χ0) is 15.8. The average molecular weight is 312 g/mol. The van der Waals surface area contributed by atoms with Crippen LogP contribution in [0.5, 0.6) is 11.5 Å². The lowest BCUT2D eigenvalue weighted by molar-refractivity contribution is 0.157. The highest BCUT2D eigenvalue weighted by Crippen LogP contribution is 2.33. The number of benzene rings is 1. The topological polar surface area (TPSA) is 51.5 Å². The number of imidazole rings is 1. The number of ether oxygens (including phenoxy) is 2. The molecule has 120 valence electrons.